The smallest absolute Gasteiger partial charge is 0.263 e. The van der Waals surface area contributed by atoms with Crippen molar-refractivity contribution in [2.45, 2.75) is 26.8 Å². The molecule has 0 radical (unpaired) electrons. The maximum absolute atomic E-state index is 12.4. The number of rotatable bonds is 4. The van der Waals surface area contributed by atoms with Crippen LogP contribution in [-0.4, -0.2) is 17.9 Å². The second-order valence-electron chi connectivity index (χ2n) is 4.86. The van der Waals surface area contributed by atoms with E-state index in [-0.39, 0.29) is 5.91 Å². The lowest BCUT2D eigenvalue weighted by molar-refractivity contribution is 0.0790. The van der Waals surface area contributed by atoms with Crippen molar-refractivity contribution in [2.24, 2.45) is 0 Å². The van der Waals surface area contributed by atoms with Crippen LogP contribution < -0.4 is 0 Å². The number of carbonyl (C=O) groups excluding carboxylic acids is 1. The topological polar surface area (TPSA) is 20.3 Å². The molecule has 0 saturated carbocycles. The van der Waals surface area contributed by atoms with Crippen molar-refractivity contribution in [3.05, 3.63) is 56.2 Å². The molecule has 2 aromatic rings. The van der Waals surface area contributed by atoms with Crippen LogP contribution in [0, 0.1) is 6.92 Å². The minimum atomic E-state index is 0.0766. The molecule has 0 saturated heterocycles. The highest BCUT2D eigenvalue weighted by atomic mass is 35.5. The van der Waals surface area contributed by atoms with Gasteiger partial charge in [0.2, 0.25) is 0 Å². The Morgan fingerprint density at radius 3 is 2.50 bits per heavy atom. The Morgan fingerprint density at radius 2 is 1.95 bits per heavy atom. The zero-order chi connectivity index (χ0) is 14.7. The van der Waals surface area contributed by atoms with Crippen LogP contribution in [0.1, 0.15) is 32.6 Å². The summed E-state index contributed by atoms with van der Waals surface area (Å²) >= 11 is 7.46. The normalized spacial score (nSPS) is 10.6. The Balaban J connectivity index is 2.09. The molecule has 0 aliphatic heterocycles. The third-order valence-electron chi connectivity index (χ3n) is 3.23. The van der Waals surface area contributed by atoms with Crippen LogP contribution in [0.3, 0.4) is 0 Å². The van der Waals surface area contributed by atoms with Crippen molar-refractivity contribution in [1.29, 1.82) is 0 Å². The molecule has 0 fully saturated rings. The van der Waals surface area contributed by atoms with E-state index in [1.807, 2.05) is 37.4 Å². The molecule has 0 bridgehead atoms. The Morgan fingerprint density at radius 1 is 1.30 bits per heavy atom. The standard InChI is InChI=1S/C16H18ClNOS/c1-4-14-11(2)9-15(20-14)16(19)18(3)10-12-5-7-13(17)8-6-12/h5-9H,4,10H2,1-3H3. The second-order valence-corrected chi connectivity index (χ2v) is 6.43. The fourth-order valence-electron chi connectivity index (χ4n) is 2.10. The average molecular weight is 308 g/mol. The summed E-state index contributed by atoms with van der Waals surface area (Å²) in [5, 5.41) is 0.712. The molecule has 1 aromatic carbocycles. The van der Waals surface area contributed by atoms with Crippen LogP contribution in [0.5, 0.6) is 0 Å². The molecule has 0 atom stereocenters. The number of benzene rings is 1. The summed E-state index contributed by atoms with van der Waals surface area (Å²) in [5.41, 5.74) is 2.29. The van der Waals surface area contributed by atoms with Crippen LogP contribution in [0.2, 0.25) is 5.02 Å². The highest BCUT2D eigenvalue weighted by Crippen LogP contribution is 2.24. The summed E-state index contributed by atoms with van der Waals surface area (Å²) in [6.07, 6.45) is 0.977. The number of nitrogens with zero attached hydrogens (tertiary/aromatic N) is 1. The summed E-state index contributed by atoms with van der Waals surface area (Å²) in [5.74, 6) is 0.0766. The van der Waals surface area contributed by atoms with Gasteiger partial charge in [0.1, 0.15) is 0 Å². The third kappa shape index (κ3) is 3.41. The van der Waals surface area contributed by atoms with E-state index < -0.39 is 0 Å². The van der Waals surface area contributed by atoms with E-state index in [1.165, 1.54) is 10.4 Å². The summed E-state index contributed by atoms with van der Waals surface area (Å²) in [7, 11) is 1.83. The van der Waals surface area contributed by atoms with Crippen molar-refractivity contribution >= 4 is 28.8 Å². The highest BCUT2D eigenvalue weighted by molar-refractivity contribution is 7.14. The Labute approximate surface area is 129 Å². The molecule has 2 rings (SSSR count). The zero-order valence-corrected chi connectivity index (χ0v) is 13.5. The highest BCUT2D eigenvalue weighted by Gasteiger charge is 2.16. The van der Waals surface area contributed by atoms with Gasteiger partial charge in [-0.15, -0.1) is 11.3 Å². The van der Waals surface area contributed by atoms with Gasteiger partial charge in [0.15, 0.2) is 0 Å². The van der Waals surface area contributed by atoms with Gasteiger partial charge in [-0.3, -0.25) is 4.79 Å². The van der Waals surface area contributed by atoms with E-state index in [9.17, 15) is 4.79 Å². The van der Waals surface area contributed by atoms with E-state index >= 15 is 0 Å². The Bertz CT molecular complexity index is 603. The molecule has 20 heavy (non-hydrogen) atoms. The van der Waals surface area contributed by atoms with Gasteiger partial charge in [-0.1, -0.05) is 30.7 Å². The minimum absolute atomic E-state index is 0.0766. The van der Waals surface area contributed by atoms with Crippen molar-refractivity contribution in [3.8, 4) is 0 Å². The first-order valence-electron chi connectivity index (χ1n) is 6.60. The number of thiophene rings is 1. The number of hydrogen-bond donors (Lipinski definition) is 0. The van der Waals surface area contributed by atoms with Gasteiger partial charge in [-0.05, 0) is 42.7 Å². The van der Waals surface area contributed by atoms with Crippen molar-refractivity contribution in [1.82, 2.24) is 4.90 Å². The molecule has 0 aliphatic rings. The quantitative estimate of drug-likeness (QED) is 0.812. The Kier molecular flexibility index (Phi) is 4.84. The second kappa shape index (κ2) is 6.42. The van der Waals surface area contributed by atoms with E-state index in [0.717, 1.165) is 16.9 Å². The maximum Gasteiger partial charge on any atom is 0.263 e. The molecule has 0 N–H and O–H groups in total. The molecule has 1 amide bonds. The SMILES string of the molecule is CCc1sc(C(=O)N(C)Cc2ccc(Cl)cc2)cc1C. The number of hydrogen-bond acceptors (Lipinski definition) is 2. The monoisotopic (exact) mass is 307 g/mol. The van der Waals surface area contributed by atoms with Crippen molar-refractivity contribution in [2.75, 3.05) is 7.05 Å². The van der Waals surface area contributed by atoms with E-state index in [4.69, 9.17) is 11.6 Å². The summed E-state index contributed by atoms with van der Waals surface area (Å²) in [4.78, 5) is 16.3. The van der Waals surface area contributed by atoms with Crippen LogP contribution in [0.25, 0.3) is 0 Å². The van der Waals surface area contributed by atoms with Crippen LogP contribution in [-0.2, 0) is 13.0 Å². The van der Waals surface area contributed by atoms with Crippen molar-refractivity contribution < 1.29 is 4.79 Å². The van der Waals surface area contributed by atoms with Crippen LogP contribution in [0.4, 0.5) is 0 Å². The lowest BCUT2D eigenvalue weighted by Crippen LogP contribution is -2.25. The molecule has 4 heteroatoms. The molecule has 2 nitrogen and oxygen atoms in total. The van der Waals surface area contributed by atoms with Gasteiger partial charge in [0, 0.05) is 23.5 Å². The Hall–Kier alpha value is -1.32. The van der Waals surface area contributed by atoms with E-state index in [1.54, 1.807) is 16.2 Å². The predicted molar refractivity (Wildman–Crippen MR) is 85.7 cm³/mol. The van der Waals surface area contributed by atoms with Crippen LogP contribution >= 0.6 is 22.9 Å². The molecule has 1 aromatic heterocycles. The fraction of sp³-hybridized carbons (Fsp3) is 0.312. The molecule has 0 spiro atoms. The lowest BCUT2D eigenvalue weighted by atomic mass is 10.2. The lowest BCUT2D eigenvalue weighted by Gasteiger charge is -2.16. The molecule has 0 aliphatic carbocycles. The molecular weight excluding hydrogens is 290 g/mol. The first-order chi connectivity index (χ1) is 9.51. The number of aryl methyl sites for hydroxylation is 2. The number of carbonyl (C=O) groups is 1. The molecular formula is C16H18ClNOS. The van der Waals surface area contributed by atoms with Gasteiger partial charge >= 0.3 is 0 Å². The number of halogens is 1. The number of amides is 1. The van der Waals surface area contributed by atoms with E-state index in [0.29, 0.717) is 11.6 Å². The van der Waals surface area contributed by atoms with Crippen LogP contribution in [0.15, 0.2) is 30.3 Å². The summed E-state index contributed by atoms with van der Waals surface area (Å²) < 4.78 is 0. The summed E-state index contributed by atoms with van der Waals surface area (Å²) in [6, 6.07) is 9.58. The maximum atomic E-state index is 12.4. The third-order valence-corrected chi connectivity index (χ3v) is 4.85. The van der Waals surface area contributed by atoms with Crippen molar-refractivity contribution in [3.63, 3.8) is 0 Å². The van der Waals surface area contributed by atoms with E-state index in [2.05, 4.69) is 13.8 Å². The molecule has 106 valence electrons. The first kappa shape index (κ1) is 15.1. The molecule has 0 unspecified atom stereocenters. The van der Waals surface area contributed by atoms with Gasteiger partial charge in [0.25, 0.3) is 5.91 Å². The predicted octanol–water partition coefficient (Wildman–Crippen LogP) is 4.54. The molecule has 1 heterocycles. The van der Waals surface area contributed by atoms with Gasteiger partial charge < -0.3 is 4.90 Å². The first-order valence-corrected chi connectivity index (χ1v) is 7.80. The zero-order valence-electron chi connectivity index (χ0n) is 11.9. The minimum Gasteiger partial charge on any atom is -0.337 e. The van der Waals surface area contributed by atoms with Gasteiger partial charge in [-0.2, -0.15) is 0 Å². The average Bonchev–Trinajstić information content (AvgIpc) is 2.81. The van der Waals surface area contributed by atoms with Gasteiger partial charge in [-0.25, -0.2) is 0 Å². The largest absolute Gasteiger partial charge is 0.337 e. The van der Waals surface area contributed by atoms with Gasteiger partial charge in [0.05, 0.1) is 4.88 Å². The fourth-order valence-corrected chi connectivity index (χ4v) is 3.33. The summed E-state index contributed by atoms with van der Waals surface area (Å²) in [6.45, 7) is 4.77.